The van der Waals surface area contributed by atoms with Gasteiger partial charge >= 0.3 is 5.97 Å². The minimum atomic E-state index is -1.50. The normalized spacial score (nSPS) is 12.6. The van der Waals surface area contributed by atoms with Gasteiger partial charge in [-0.05, 0) is 36.2 Å². The van der Waals surface area contributed by atoms with Gasteiger partial charge in [0.2, 0.25) is 5.95 Å². The van der Waals surface area contributed by atoms with Crippen LogP contribution in [0, 0.1) is 6.92 Å². The van der Waals surface area contributed by atoms with Gasteiger partial charge in [-0.2, -0.15) is 5.10 Å². The third-order valence-corrected chi connectivity index (χ3v) is 4.37. The van der Waals surface area contributed by atoms with Gasteiger partial charge in [-0.3, -0.25) is 4.68 Å². The van der Waals surface area contributed by atoms with Crippen molar-refractivity contribution in [3.05, 3.63) is 54.1 Å². The molecular formula is C21H25N5O3. The predicted octanol–water partition coefficient (Wildman–Crippen LogP) is 3.14. The number of aromatic nitrogens is 4. The summed E-state index contributed by atoms with van der Waals surface area (Å²) < 4.78 is 1.42. The Balaban J connectivity index is 1.84. The molecule has 0 bridgehead atoms. The number of nitrogens with one attached hydrogen (secondary N) is 1. The monoisotopic (exact) mass is 395 g/mol. The molecule has 3 aromatic rings. The smallest absolute Gasteiger partial charge is 0.334 e. The van der Waals surface area contributed by atoms with E-state index in [-0.39, 0.29) is 12.0 Å². The SMILES string of the molecule is Cc1cc(Nc2nccc(C(C)(C)C)n2)cc(-c2cnn(C[C@H](O)C(=O)O)c2)c1. The summed E-state index contributed by atoms with van der Waals surface area (Å²) in [5.41, 5.74) is 4.47. The van der Waals surface area contributed by atoms with Crippen LogP contribution >= 0.6 is 0 Å². The Kier molecular flexibility index (Phi) is 5.65. The molecule has 0 saturated heterocycles. The Morgan fingerprint density at radius 3 is 2.69 bits per heavy atom. The van der Waals surface area contributed by atoms with E-state index >= 15 is 0 Å². The van der Waals surface area contributed by atoms with Crippen molar-refractivity contribution in [3.8, 4) is 11.1 Å². The molecule has 0 radical (unpaired) electrons. The molecule has 0 aliphatic carbocycles. The first-order valence-electron chi connectivity index (χ1n) is 9.28. The maximum absolute atomic E-state index is 10.8. The van der Waals surface area contributed by atoms with E-state index in [0.29, 0.717) is 5.95 Å². The van der Waals surface area contributed by atoms with Crippen LogP contribution in [-0.4, -0.2) is 42.0 Å². The molecule has 1 atom stereocenters. The van der Waals surface area contributed by atoms with E-state index in [1.54, 1.807) is 18.6 Å². The van der Waals surface area contributed by atoms with Gasteiger partial charge in [0.1, 0.15) is 0 Å². The third kappa shape index (κ3) is 5.17. The second-order valence-electron chi connectivity index (χ2n) is 8.03. The summed E-state index contributed by atoms with van der Waals surface area (Å²) >= 11 is 0. The average molecular weight is 395 g/mol. The first kappa shape index (κ1) is 20.5. The van der Waals surface area contributed by atoms with E-state index in [1.165, 1.54) is 4.68 Å². The second-order valence-corrected chi connectivity index (χ2v) is 8.03. The minimum absolute atomic E-state index is 0.0771. The lowest BCUT2D eigenvalue weighted by molar-refractivity contribution is -0.147. The number of anilines is 2. The number of aliphatic carboxylic acids is 1. The minimum Gasteiger partial charge on any atom is -0.479 e. The lowest BCUT2D eigenvalue weighted by Gasteiger charge is -2.18. The molecule has 29 heavy (non-hydrogen) atoms. The van der Waals surface area contributed by atoms with Crippen molar-refractivity contribution in [2.75, 3.05) is 5.32 Å². The molecule has 0 unspecified atom stereocenters. The number of benzene rings is 1. The largest absolute Gasteiger partial charge is 0.479 e. The summed E-state index contributed by atoms with van der Waals surface area (Å²) in [5.74, 6) is -0.754. The van der Waals surface area contributed by atoms with E-state index < -0.39 is 12.1 Å². The fourth-order valence-corrected chi connectivity index (χ4v) is 2.86. The Morgan fingerprint density at radius 2 is 2.00 bits per heavy atom. The standard InChI is InChI=1S/C21H25N5O3/c1-13-7-14(15-10-23-26(11-15)12-17(27)19(28)29)9-16(8-13)24-20-22-6-5-18(25-20)21(2,3)4/h5-11,17,27H,12H2,1-4H3,(H,28,29)(H,22,24,25)/t17-/m0/s1. The summed E-state index contributed by atoms with van der Waals surface area (Å²) in [6.45, 7) is 8.17. The molecule has 0 aliphatic heterocycles. The molecule has 3 rings (SSSR count). The number of rotatable bonds is 6. The molecule has 8 nitrogen and oxygen atoms in total. The number of hydrogen-bond acceptors (Lipinski definition) is 6. The maximum atomic E-state index is 10.8. The molecule has 0 amide bonds. The number of aliphatic hydroxyl groups is 1. The first-order valence-corrected chi connectivity index (χ1v) is 9.28. The molecule has 0 spiro atoms. The molecule has 3 N–H and O–H groups in total. The van der Waals surface area contributed by atoms with E-state index in [0.717, 1.165) is 28.1 Å². The van der Waals surface area contributed by atoms with Crippen molar-refractivity contribution in [1.29, 1.82) is 0 Å². The van der Waals surface area contributed by atoms with Crippen LogP contribution in [0.3, 0.4) is 0 Å². The molecule has 1 aromatic carbocycles. The summed E-state index contributed by atoms with van der Waals surface area (Å²) in [6.07, 6.45) is 3.60. The quantitative estimate of drug-likeness (QED) is 0.587. The number of hydrogen-bond donors (Lipinski definition) is 3. The highest BCUT2D eigenvalue weighted by Gasteiger charge is 2.17. The number of nitrogens with zero attached hydrogens (tertiary/aromatic N) is 4. The van der Waals surface area contributed by atoms with E-state index in [9.17, 15) is 9.90 Å². The van der Waals surface area contributed by atoms with Gasteiger partial charge < -0.3 is 15.5 Å². The van der Waals surface area contributed by atoms with Gasteiger partial charge in [0, 0.05) is 29.1 Å². The van der Waals surface area contributed by atoms with Crippen LogP contribution in [0.4, 0.5) is 11.6 Å². The average Bonchev–Trinajstić information content (AvgIpc) is 3.09. The second kappa shape index (κ2) is 8.00. The van der Waals surface area contributed by atoms with Crippen molar-refractivity contribution >= 4 is 17.6 Å². The zero-order valence-corrected chi connectivity index (χ0v) is 16.9. The molecule has 8 heteroatoms. The number of aryl methyl sites for hydroxylation is 1. The van der Waals surface area contributed by atoms with E-state index in [4.69, 9.17) is 5.11 Å². The summed E-state index contributed by atoms with van der Waals surface area (Å²) in [4.78, 5) is 19.7. The zero-order chi connectivity index (χ0) is 21.2. The van der Waals surface area contributed by atoms with E-state index in [2.05, 4.69) is 41.2 Å². The van der Waals surface area contributed by atoms with Crippen LogP contribution in [0.15, 0.2) is 42.9 Å². The molecule has 152 valence electrons. The highest BCUT2D eigenvalue weighted by Crippen LogP contribution is 2.27. The lowest BCUT2D eigenvalue weighted by Crippen LogP contribution is -2.25. The van der Waals surface area contributed by atoms with Crippen molar-refractivity contribution in [3.63, 3.8) is 0 Å². The van der Waals surface area contributed by atoms with Crippen molar-refractivity contribution in [2.45, 2.75) is 45.8 Å². The molecule has 2 aromatic heterocycles. The number of carboxylic acid groups (broad SMARTS) is 1. The van der Waals surface area contributed by atoms with Crippen LogP contribution in [0.2, 0.25) is 0 Å². The fourth-order valence-electron chi connectivity index (χ4n) is 2.86. The van der Waals surface area contributed by atoms with Crippen LogP contribution in [0.1, 0.15) is 32.0 Å². The van der Waals surface area contributed by atoms with E-state index in [1.807, 2.05) is 31.2 Å². The van der Waals surface area contributed by atoms with Gasteiger partial charge in [0.15, 0.2) is 6.10 Å². The van der Waals surface area contributed by atoms with Gasteiger partial charge in [-0.25, -0.2) is 14.8 Å². The summed E-state index contributed by atoms with van der Waals surface area (Å²) in [5, 5.41) is 25.7. The van der Waals surface area contributed by atoms with Crippen LogP contribution < -0.4 is 5.32 Å². The summed E-state index contributed by atoms with van der Waals surface area (Å²) in [7, 11) is 0. The number of carboxylic acids is 1. The Hall–Kier alpha value is -3.26. The zero-order valence-electron chi connectivity index (χ0n) is 16.9. The Labute approximate surface area is 169 Å². The van der Waals surface area contributed by atoms with Crippen molar-refractivity contribution in [2.24, 2.45) is 0 Å². The molecule has 0 aliphatic rings. The van der Waals surface area contributed by atoms with Crippen LogP contribution in [0.25, 0.3) is 11.1 Å². The highest BCUT2D eigenvalue weighted by atomic mass is 16.4. The fraction of sp³-hybridized carbons (Fsp3) is 0.333. The topological polar surface area (TPSA) is 113 Å². The van der Waals surface area contributed by atoms with Gasteiger partial charge in [-0.1, -0.05) is 26.8 Å². The highest BCUT2D eigenvalue weighted by molar-refractivity contribution is 5.72. The molecule has 2 heterocycles. The molecule has 0 fully saturated rings. The van der Waals surface area contributed by atoms with Gasteiger partial charge in [0.05, 0.1) is 18.4 Å². The van der Waals surface area contributed by atoms with Gasteiger partial charge in [0.25, 0.3) is 0 Å². The first-order chi connectivity index (χ1) is 13.6. The third-order valence-electron chi connectivity index (χ3n) is 4.37. The van der Waals surface area contributed by atoms with Crippen molar-refractivity contribution < 1.29 is 15.0 Å². The van der Waals surface area contributed by atoms with Crippen molar-refractivity contribution in [1.82, 2.24) is 19.7 Å². The van der Waals surface area contributed by atoms with Crippen LogP contribution in [0.5, 0.6) is 0 Å². The Morgan fingerprint density at radius 1 is 1.24 bits per heavy atom. The van der Waals surface area contributed by atoms with Crippen LogP contribution in [-0.2, 0) is 16.8 Å². The number of carbonyl (C=O) groups is 1. The maximum Gasteiger partial charge on any atom is 0.334 e. The molecule has 0 saturated carbocycles. The lowest BCUT2D eigenvalue weighted by atomic mass is 9.92. The molecular weight excluding hydrogens is 370 g/mol. The number of aliphatic hydroxyl groups excluding tert-OH is 1. The van der Waals surface area contributed by atoms with Gasteiger partial charge in [-0.15, -0.1) is 0 Å². The Bertz CT molecular complexity index is 1020. The summed E-state index contributed by atoms with van der Waals surface area (Å²) in [6, 6.07) is 7.86. The predicted molar refractivity (Wildman–Crippen MR) is 110 cm³/mol.